The molecule has 2 saturated heterocycles. The maximum absolute atomic E-state index is 12.5. The second-order valence-electron chi connectivity index (χ2n) is 6.84. The molecule has 0 radical (unpaired) electrons. The van der Waals surface area contributed by atoms with Crippen molar-refractivity contribution in [3.05, 3.63) is 65.7 Å². The first-order valence-electron chi connectivity index (χ1n) is 8.95. The summed E-state index contributed by atoms with van der Waals surface area (Å²) in [5.74, 6) is 0. The van der Waals surface area contributed by atoms with Gasteiger partial charge in [-0.2, -0.15) is 8.42 Å². The summed E-state index contributed by atoms with van der Waals surface area (Å²) in [6.45, 7) is 2.49. The molecule has 0 amide bonds. The van der Waals surface area contributed by atoms with Gasteiger partial charge in [0.15, 0.2) is 6.29 Å². The van der Waals surface area contributed by atoms with Gasteiger partial charge in [-0.05, 0) is 19.1 Å². The molecule has 0 bridgehead atoms. The van der Waals surface area contributed by atoms with E-state index in [2.05, 4.69) is 0 Å². The molecule has 2 aromatic rings. The van der Waals surface area contributed by atoms with Crippen LogP contribution in [0, 0.1) is 6.92 Å². The number of ether oxygens (including phenoxy) is 3. The Morgan fingerprint density at radius 1 is 0.926 bits per heavy atom. The van der Waals surface area contributed by atoms with Gasteiger partial charge < -0.3 is 14.2 Å². The highest BCUT2D eigenvalue weighted by atomic mass is 32.2. The molecule has 0 N–H and O–H groups in total. The lowest BCUT2D eigenvalue weighted by molar-refractivity contribution is -0.286. The summed E-state index contributed by atoms with van der Waals surface area (Å²) < 4.78 is 48.0. The summed E-state index contributed by atoms with van der Waals surface area (Å²) in [5, 5.41) is 0. The molecule has 2 aromatic carbocycles. The van der Waals surface area contributed by atoms with Crippen LogP contribution in [0.5, 0.6) is 0 Å². The van der Waals surface area contributed by atoms with Crippen molar-refractivity contribution in [3.63, 3.8) is 0 Å². The van der Waals surface area contributed by atoms with Crippen LogP contribution >= 0.6 is 0 Å². The highest BCUT2D eigenvalue weighted by molar-refractivity contribution is 7.86. The van der Waals surface area contributed by atoms with Gasteiger partial charge >= 0.3 is 0 Å². The third-order valence-corrected chi connectivity index (χ3v) is 6.14. The lowest BCUT2D eigenvalue weighted by Crippen LogP contribution is -2.50. The molecular formula is C20H22O6S. The van der Waals surface area contributed by atoms with Crippen molar-refractivity contribution < 1.29 is 26.8 Å². The van der Waals surface area contributed by atoms with Gasteiger partial charge in [0.05, 0.1) is 24.2 Å². The normalized spacial score (nSPS) is 28.5. The summed E-state index contributed by atoms with van der Waals surface area (Å²) in [6.07, 6.45) is -1.14. The first kappa shape index (κ1) is 18.6. The highest BCUT2D eigenvalue weighted by Gasteiger charge is 2.40. The minimum atomic E-state index is -3.85. The molecule has 2 fully saturated rings. The minimum absolute atomic E-state index is 0.144. The van der Waals surface area contributed by atoms with Crippen LogP contribution in [0.15, 0.2) is 59.5 Å². The van der Waals surface area contributed by atoms with E-state index < -0.39 is 22.5 Å². The van der Waals surface area contributed by atoms with E-state index >= 15 is 0 Å². The van der Waals surface area contributed by atoms with E-state index in [0.29, 0.717) is 13.0 Å². The third kappa shape index (κ3) is 4.23. The van der Waals surface area contributed by atoms with Crippen molar-refractivity contribution in [1.82, 2.24) is 0 Å². The van der Waals surface area contributed by atoms with Crippen LogP contribution in [0.3, 0.4) is 0 Å². The van der Waals surface area contributed by atoms with Gasteiger partial charge in [0.2, 0.25) is 0 Å². The Kier molecular flexibility index (Phi) is 5.29. The Bertz CT molecular complexity index is 865. The summed E-state index contributed by atoms with van der Waals surface area (Å²) in [7, 11) is -3.85. The Labute approximate surface area is 159 Å². The topological polar surface area (TPSA) is 71.1 Å². The van der Waals surface area contributed by atoms with Crippen LogP contribution in [-0.2, 0) is 28.5 Å². The molecule has 1 unspecified atom stereocenters. The highest BCUT2D eigenvalue weighted by Crippen LogP contribution is 2.33. The van der Waals surface area contributed by atoms with Crippen molar-refractivity contribution >= 4 is 10.1 Å². The van der Waals surface area contributed by atoms with Crippen molar-refractivity contribution in [1.29, 1.82) is 0 Å². The zero-order valence-corrected chi connectivity index (χ0v) is 15.8. The van der Waals surface area contributed by atoms with E-state index in [-0.39, 0.29) is 23.7 Å². The molecule has 4 atom stereocenters. The fourth-order valence-electron chi connectivity index (χ4n) is 3.29. The molecule has 4 rings (SSSR count). The summed E-state index contributed by atoms with van der Waals surface area (Å²) in [6, 6.07) is 16.2. The summed E-state index contributed by atoms with van der Waals surface area (Å²) in [4.78, 5) is 0.144. The first-order valence-corrected chi connectivity index (χ1v) is 10.4. The molecule has 2 aliphatic rings. The number of hydrogen-bond acceptors (Lipinski definition) is 6. The van der Waals surface area contributed by atoms with Crippen molar-refractivity contribution in [3.8, 4) is 0 Å². The van der Waals surface area contributed by atoms with E-state index in [9.17, 15) is 8.42 Å². The Hall–Kier alpha value is -1.77. The van der Waals surface area contributed by atoms with Crippen LogP contribution in [0.4, 0.5) is 0 Å². The van der Waals surface area contributed by atoms with E-state index in [1.54, 1.807) is 24.3 Å². The molecule has 6 nitrogen and oxygen atoms in total. The number of rotatable bonds is 4. The average molecular weight is 390 g/mol. The molecule has 0 spiro atoms. The SMILES string of the molecule is Cc1ccc(S(=O)(=O)O[C@H]2CO[C@@H]3COC(c4ccccc4)O[C@@H]3C2)cc1. The quantitative estimate of drug-likeness (QED) is 0.748. The van der Waals surface area contributed by atoms with E-state index in [1.807, 2.05) is 37.3 Å². The zero-order chi connectivity index (χ0) is 18.9. The maximum Gasteiger partial charge on any atom is 0.297 e. The molecule has 2 heterocycles. The predicted molar refractivity (Wildman–Crippen MR) is 97.6 cm³/mol. The van der Waals surface area contributed by atoms with Gasteiger partial charge in [-0.15, -0.1) is 0 Å². The van der Waals surface area contributed by atoms with Crippen molar-refractivity contribution in [2.45, 2.75) is 42.8 Å². The zero-order valence-electron chi connectivity index (χ0n) is 15.0. The largest absolute Gasteiger partial charge is 0.370 e. The Morgan fingerprint density at radius 3 is 2.41 bits per heavy atom. The van der Waals surface area contributed by atoms with Crippen LogP contribution in [0.25, 0.3) is 0 Å². The Morgan fingerprint density at radius 2 is 1.67 bits per heavy atom. The molecule has 144 valence electrons. The molecule has 2 aliphatic heterocycles. The lowest BCUT2D eigenvalue weighted by atomic mass is 10.0. The monoisotopic (exact) mass is 390 g/mol. The number of benzene rings is 2. The van der Waals surface area contributed by atoms with E-state index in [4.69, 9.17) is 18.4 Å². The summed E-state index contributed by atoms with van der Waals surface area (Å²) >= 11 is 0. The predicted octanol–water partition coefficient (Wildman–Crippen LogP) is 2.97. The molecule has 0 saturated carbocycles. The second kappa shape index (κ2) is 7.69. The van der Waals surface area contributed by atoms with Gasteiger partial charge in [0.25, 0.3) is 10.1 Å². The van der Waals surface area contributed by atoms with E-state index in [1.165, 1.54) is 0 Å². The standard InChI is InChI=1S/C20H22O6S/c1-14-7-9-17(10-8-14)27(21,22)26-16-11-18-19(23-12-16)13-24-20(25-18)15-5-3-2-4-6-15/h2-10,16,18-20H,11-13H2,1H3/t16-,18-,19-,20?/m1/s1. The average Bonchev–Trinajstić information content (AvgIpc) is 2.68. The third-order valence-electron chi connectivity index (χ3n) is 4.76. The van der Waals surface area contributed by atoms with Gasteiger partial charge in [0.1, 0.15) is 12.2 Å². The van der Waals surface area contributed by atoms with Gasteiger partial charge in [-0.25, -0.2) is 0 Å². The smallest absolute Gasteiger partial charge is 0.297 e. The van der Waals surface area contributed by atoms with Crippen LogP contribution < -0.4 is 0 Å². The fourth-order valence-corrected chi connectivity index (χ4v) is 4.36. The number of hydrogen-bond donors (Lipinski definition) is 0. The molecule has 0 aromatic heterocycles. The minimum Gasteiger partial charge on any atom is -0.370 e. The van der Waals surface area contributed by atoms with Crippen molar-refractivity contribution in [2.75, 3.05) is 13.2 Å². The molecule has 27 heavy (non-hydrogen) atoms. The second-order valence-corrected chi connectivity index (χ2v) is 8.42. The summed E-state index contributed by atoms with van der Waals surface area (Å²) in [5.41, 5.74) is 1.91. The number of aryl methyl sites for hydroxylation is 1. The molecule has 7 heteroatoms. The van der Waals surface area contributed by atoms with E-state index in [0.717, 1.165) is 11.1 Å². The van der Waals surface area contributed by atoms with Gasteiger partial charge in [-0.3, -0.25) is 4.18 Å². The van der Waals surface area contributed by atoms with Crippen LogP contribution in [-0.4, -0.2) is 39.9 Å². The van der Waals surface area contributed by atoms with Crippen LogP contribution in [0.2, 0.25) is 0 Å². The fraction of sp³-hybridized carbons (Fsp3) is 0.400. The van der Waals surface area contributed by atoms with Crippen molar-refractivity contribution in [2.24, 2.45) is 0 Å². The first-order chi connectivity index (χ1) is 13.0. The number of fused-ring (bicyclic) bond motifs is 1. The Balaban J connectivity index is 1.42. The lowest BCUT2D eigenvalue weighted by Gasteiger charge is -2.41. The van der Waals surface area contributed by atoms with Gasteiger partial charge in [-0.1, -0.05) is 48.0 Å². The van der Waals surface area contributed by atoms with Gasteiger partial charge in [0, 0.05) is 12.0 Å². The molecular weight excluding hydrogens is 368 g/mol. The van der Waals surface area contributed by atoms with Crippen LogP contribution in [0.1, 0.15) is 23.8 Å². The maximum atomic E-state index is 12.5. The molecule has 0 aliphatic carbocycles.